The van der Waals surface area contributed by atoms with Crippen LogP contribution in [0.3, 0.4) is 0 Å². The molecule has 1 aromatic heterocycles. The van der Waals surface area contributed by atoms with Gasteiger partial charge < -0.3 is 14.4 Å². The van der Waals surface area contributed by atoms with Crippen LogP contribution in [0.15, 0.2) is 36.7 Å². The van der Waals surface area contributed by atoms with Crippen LogP contribution in [0.4, 0.5) is 0 Å². The molecule has 0 aliphatic carbocycles. The normalized spacial score (nSPS) is 16.6. The zero-order valence-electron chi connectivity index (χ0n) is 14.6. The molecule has 2 aromatic rings. The van der Waals surface area contributed by atoms with Gasteiger partial charge in [-0.25, -0.2) is 9.97 Å². The van der Waals surface area contributed by atoms with Gasteiger partial charge in [0.2, 0.25) is 5.69 Å². The monoisotopic (exact) mass is 352 g/mol. The number of hydrogen-bond acceptors (Lipinski definition) is 6. The molecular weight excluding hydrogens is 332 g/mol. The van der Waals surface area contributed by atoms with Gasteiger partial charge in [0.05, 0.1) is 13.2 Å². The number of benzene rings is 1. The molecule has 0 saturated carbocycles. The molecule has 0 radical (unpaired) electrons. The molecule has 0 spiro atoms. The van der Waals surface area contributed by atoms with Gasteiger partial charge >= 0.3 is 0 Å². The van der Waals surface area contributed by atoms with Crippen molar-refractivity contribution >= 4 is 5.91 Å². The van der Waals surface area contributed by atoms with Crippen LogP contribution >= 0.6 is 0 Å². The van der Waals surface area contributed by atoms with Crippen LogP contribution in [0.5, 0.6) is 11.6 Å². The highest BCUT2D eigenvalue weighted by molar-refractivity contribution is 5.94. The van der Waals surface area contributed by atoms with Crippen molar-refractivity contribution in [3.05, 3.63) is 47.9 Å². The number of carbonyl (C=O) groups excluding carboxylic acids is 1. The zero-order valence-corrected chi connectivity index (χ0v) is 14.6. The van der Waals surface area contributed by atoms with Crippen molar-refractivity contribution in [3.63, 3.8) is 0 Å². The van der Waals surface area contributed by atoms with E-state index in [1.807, 2.05) is 13.0 Å². The molecule has 1 atom stereocenters. The number of nitriles is 1. The van der Waals surface area contributed by atoms with E-state index in [1.165, 1.54) is 12.4 Å². The predicted molar refractivity (Wildman–Crippen MR) is 93.9 cm³/mol. The first-order valence-electron chi connectivity index (χ1n) is 8.61. The van der Waals surface area contributed by atoms with E-state index in [-0.39, 0.29) is 23.6 Å². The minimum absolute atomic E-state index is 0.0407. The molecule has 1 aromatic carbocycles. The summed E-state index contributed by atoms with van der Waals surface area (Å²) in [4.78, 5) is 22.5. The molecule has 0 bridgehead atoms. The zero-order chi connectivity index (χ0) is 18.4. The minimum Gasteiger partial charge on any atom is -0.494 e. The SMILES string of the molecule is CCOc1ccc(C(=O)N2CCCC(Oc3nccnc3C#N)C2)cc1. The Labute approximate surface area is 152 Å². The van der Waals surface area contributed by atoms with Crippen molar-refractivity contribution in [2.75, 3.05) is 19.7 Å². The van der Waals surface area contributed by atoms with Crippen molar-refractivity contribution in [1.29, 1.82) is 5.26 Å². The van der Waals surface area contributed by atoms with E-state index in [0.717, 1.165) is 18.6 Å². The van der Waals surface area contributed by atoms with Crippen LogP contribution in [-0.4, -0.2) is 46.6 Å². The van der Waals surface area contributed by atoms with E-state index >= 15 is 0 Å². The van der Waals surface area contributed by atoms with Gasteiger partial charge in [0.1, 0.15) is 17.9 Å². The number of amides is 1. The third-order valence-corrected chi connectivity index (χ3v) is 4.13. The van der Waals surface area contributed by atoms with Crippen molar-refractivity contribution in [2.24, 2.45) is 0 Å². The average molecular weight is 352 g/mol. The highest BCUT2D eigenvalue weighted by Crippen LogP contribution is 2.21. The highest BCUT2D eigenvalue weighted by atomic mass is 16.5. The van der Waals surface area contributed by atoms with Crippen LogP contribution in [0.1, 0.15) is 35.8 Å². The molecule has 26 heavy (non-hydrogen) atoms. The molecule has 1 amide bonds. The quantitative estimate of drug-likeness (QED) is 0.821. The standard InChI is InChI=1S/C19H20N4O3/c1-2-25-15-7-5-14(6-8-15)19(24)23-11-3-4-16(13-23)26-18-17(12-20)21-9-10-22-18/h5-10,16H,2-4,11,13H2,1H3. The molecule has 7 heteroatoms. The molecular formula is C19H20N4O3. The van der Waals surface area contributed by atoms with Gasteiger partial charge in [-0.2, -0.15) is 5.26 Å². The summed E-state index contributed by atoms with van der Waals surface area (Å²) in [5, 5.41) is 9.09. The molecule has 0 N–H and O–H groups in total. The van der Waals surface area contributed by atoms with Crippen LogP contribution < -0.4 is 9.47 Å². The highest BCUT2D eigenvalue weighted by Gasteiger charge is 2.26. The van der Waals surface area contributed by atoms with Crippen LogP contribution in [0, 0.1) is 11.3 Å². The van der Waals surface area contributed by atoms with Crippen molar-refractivity contribution in [3.8, 4) is 17.7 Å². The largest absolute Gasteiger partial charge is 0.494 e. The van der Waals surface area contributed by atoms with E-state index in [4.69, 9.17) is 14.7 Å². The smallest absolute Gasteiger partial charge is 0.253 e. The fraction of sp³-hybridized carbons (Fsp3) is 0.368. The van der Waals surface area contributed by atoms with Crippen molar-refractivity contribution in [1.82, 2.24) is 14.9 Å². The van der Waals surface area contributed by atoms with E-state index in [2.05, 4.69) is 9.97 Å². The molecule has 1 saturated heterocycles. The third kappa shape index (κ3) is 4.09. The number of nitrogens with zero attached hydrogens (tertiary/aromatic N) is 4. The van der Waals surface area contributed by atoms with E-state index in [0.29, 0.717) is 25.3 Å². The van der Waals surface area contributed by atoms with Gasteiger partial charge in [0.15, 0.2) is 0 Å². The molecule has 1 fully saturated rings. The number of piperidine rings is 1. The molecule has 7 nitrogen and oxygen atoms in total. The lowest BCUT2D eigenvalue weighted by molar-refractivity contribution is 0.0526. The summed E-state index contributed by atoms with van der Waals surface area (Å²) < 4.78 is 11.2. The first-order chi connectivity index (χ1) is 12.7. The number of likely N-dealkylation sites (tertiary alicyclic amines) is 1. The third-order valence-electron chi connectivity index (χ3n) is 4.13. The van der Waals surface area contributed by atoms with E-state index in [1.54, 1.807) is 29.2 Å². The summed E-state index contributed by atoms with van der Waals surface area (Å²) in [7, 11) is 0. The van der Waals surface area contributed by atoms with E-state index in [9.17, 15) is 4.79 Å². The lowest BCUT2D eigenvalue weighted by Crippen LogP contribution is -2.44. The maximum atomic E-state index is 12.7. The number of aromatic nitrogens is 2. The topological polar surface area (TPSA) is 88.3 Å². The molecule has 134 valence electrons. The van der Waals surface area contributed by atoms with Crippen molar-refractivity contribution in [2.45, 2.75) is 25.9 Å². The van der Waals surface area contributed by atoms with Crippen molar-refractivity contribution < 1.29 is 14.3 Å². The Balaban J connectivity index is 1.66. The number of rotatable bonds is 5. The first-order valence-corrected chi connectivity index (χ1v) is 8.61. The Morgan fingerprint density at radius 1 is 1.31 bits per heavy atom. The maximum Gasteiger partial charge on any atom is 0.253 e. The fourth-order valence-corrected chi connectivity index (χ4v) is 2.91. The molecule has 1 unspecified atom stereocenters. The molecule has 3 rings (SSSR count). The van der Waals surface area contributed by atoms with Crippen LogP contribution in [-0.2, 0) is 0 Å². The fourth-order valence-electron chi connectivity index (χ4n) is 2.91. The number of hydrogen-bond donors (Lipinski definition) is 0. The van der Waals surface area contributed by atoms with Gasteiger partial charge in [0, 0.05) is 24.5 Å². The summed E-state index contributed by atoms with van der Waals surface area (Å²) in [5.41, 5.74) is 0.772. The summed E-state index contributed by atoms with van der Waals surface area (Å²) in [6, 6.07) is 9.11. The summed E-state index contributed by atoms with van der Waals surface area (Å²) in [6.45, 7) is 3.64. The van der Waals surface area contributed by atoms with Gasteiger partial charge in [0.25, 0.3) is 11.8 Å². The summed E-state index contributed by atoms with van der Waals surface area (Å²) >= 11 is 0. The van der Waals surface area contributed by atoms with Gasteiger partial charge in [-0.05, 0) is 44.0 Å². The minimum atomic E-state index is -0.209. The second-order valence-electron chi connectivity index (χ2n) is 5.91. The van der Waals surface area contributed by atoms with Crippen LogP contribution in [0.25, 0.3) is 0 Å². The molecule has 2 heterocycles. The summed E-state index contributed by atoms with van der Waals surface area (Å²) in [6.07, 6.45) is 4.36. The Bertz CT molecular complexity index is 801. The molecule has 1 aliphatic heterocycles. The number of carbonyl (C=O) groups is 1. The second-order valence-corrected chi connectivity index (χ2v) is 5.91. The maximum absolute atomic E-state index is 12.7. The van der Waals surface area contributed by atoms with Gasteiger partial charge in [-0.3, -0.25) is 4.79 Å². The lowest BCUT2D eigenvalue weighted by Gasteiger charge is -2.32. The second kappa shape index (κ2) is 8.30. The Kier molecular flexibility index (Phi) is 5.64. The van der Waals surface area contributed by atoms with E-state index < -0.39 is 0 Å². The Morgan fingerprint density at radius 3 is 2.81 bits per heavy atom. The Morgan fingerprint density at radius 2 is 2.08 bits per heavy atom. The predicted octanol–water partition coefficient (Wildman–Crippen LogP) is 2.43. The number of ether oxygens (including phenoxy) is 2. The van der Waals surface area contributed by atoms with Crippen LogP contribution in [0.2, 0.25) is 0 Å². The first kappa shape index (κ1) is 17.7. The lowest BCUT2D eigenvalue weighted by atomic mass is 10.1. The average Bonchev–Trinajstić information content (AvgIpc) is 2.69. The Hall–Kier alpha value is -3.14. The summed E-state index contributed by atoms with van der Waals surface area (Å²) in [5.74, 6) is 0.923. The van der Waals surface area contributed by atoms with Gasteiger partial charge in [-0.1, -0.05) is 0 Å². The van der Waals surface area contributed by atoms with Gasteiger partial charge in [-0.15, -0.1) is 0 Å². The molecule has 1 aliphatic rings.